The number of nitrogens with zero attached hydrogens (tertiary/aromatic N) is 2. The number of carbonyl (C=O) groups excluding carboxylic acids is 1. The van der Waals surface area contributed by atoms with Gasteiger partial charge in [-0.1, -0.05) is 0 Å². The van der Waals surface area contributed by atoms with Crippen LogP contribution in [0.5, 0.6) is 0 Å². The monoisotopic (exact) mass is 432 g/mol. The molecule has 7 nitrogen and oxygen atoms in total. The quantitative estimate of drug-likeness (QED) is 0.571. The third-order valence-corrected chi connectivity index (χ3v) is 7.42. The molecule has 6 fully saturated rings. The zero-order valence-electron chi connectivity index (χ0n) is 18.2. The molecule has 30 heavy (non-hydrogen) atoms. The smallest absolute Gasteiger partial charge is 0.475 e. The molecule has 1 aliphatic heterocycles. The van der Waals surface area contributed by atoms with E-state index in [1.165, 1.54) is 4.90 Å². The van der Waals surface area contributed by atoms with Crippen LogP contribution in [0.1, 0.15) is 54.1 Å². The highest BCUT2D eigenvalue weighted by Crippen LogP contribution is 2.63. The van der Waals surface area contributed by atoms with Gasteiger partial charge in [-0.25, -0.2) is 4.79 Å². The van der Waals surface area contributed by atoms with E-state index in [1.54, 1.807) is 0 Å². The molecule has 5 saturated carbocycles. The second-order valence-corrected chi connectivity index (χ2v) is 9.67. The number of hydrogen-bond acceptors (Lipinski definition) is 5. The van der Waals surface area contributed by atoms with E-state index in [0.717, 1.165) is 32.1 Å². The number of nitriles is 1. The van der Waals surface area contributed by atoms with E-state index < -0.39 is 42.2 Å². The Morgan fingerprint density at radius 1 is 1.23 bits per heavy atom. The summed E-state index contributed by atoms with van der Waals surface area (Å²) < 4.78 is 47.8. The molecule has 0 spiro atoms. The molecular formula is C20H26F3N3O4. The van der Waals surface area contributed by atoms with Crippen molar-refractivity contribution in [3.63, 3.8) is 0 Å². The Kier molecular flexibility index (Phi) is 4.29. The van der Waals surface area contributed by atoms with Gasteiger partial charge < -0.3 is 20.8 Å². The number of amides is 1. The summed E-state index contributed by atoms with van der Waals surface area (Å²) in [7, 11) is 0. The van der Waals surface area contributed by atoms with Crippen molar-refractivity contribution in [1.82, 2.24) is 4.90 Å². The van der Waals surface area contributed by atoms with Gasteiger partial charge in [0.05, 0.1) is 17.7 Å². The maximum Gasteiger partial charge on any atom is 0.490 e. The maximum absolute atomic E-state index is 13.3. The molecule has 0 aromatic carbocycles. The van der Waals surface area contributed by atoms with Crippen LogP contribution in [-0.4, -0.2) is 56.9 Å². The van der Waals surface area contributed by atoms with Gasteiger partial charge >= 0.3 is 12.1 Å². The molecule has 4 N–H and O–H groups in total. The number of alkyl halides is 3. The van der Waals surface area contributed by atoms with Crippen molar-refractivity contribution in [1.29, 1.82) is 5.26 Å². The van der Waals surface area contributed by atoms with E-state index in [2.05, 4.69) is 6.07 Å². The van der Waals surface area contributed by atoms with Crippen LogP contribution in [0.2, 0.25) is 0 Å². The molecule has 5 aliphatic carbocycles. The van der Waals surface area contributed by atoms with Crippen LogP contribution < -0.4 is 5.73 Å². The lowest BCUT2D eigenvalue weighted by molar-refractivity contribution is -0.192. The minimum Gasteiger partial charge on any atom is -0.475 e. The van der Waals surface area contributed by atoms with Crippen molar-refractivity contribution >= 4 is 11.9 Å². The molecule has 166 valence electrons. The minimum absolute atomic E-state index is 0.228. The summed E-state index contributed by atoms with van der Waals surface area (Å²) in [5, 5.41) is 27.4. The number of aliphatic hydroxyl groups is 1. The first-order chi connectivity index (χ1) is 14.6. The predicted molar refractivity (Wildman–Crippen MR) is 96.5 cm³/mol. The Morgan fingerprint density at radius 3 is 2.27 bits per heavy atom. The van der Waals surface area contributed by atoms with Gasteiger partial charge in [0, 0.05) is 8.78 Å². The van der Waals surface area contributed by atoms with Crippen molar-refractivity contribution in [3.8, 4) is 6.07 Å². The first kappa shape index (κ1) is 18.9. The highest BCUT2D eigenvalue weighted by atomic mass is 19.4. The highest BCUT2D eigenvalue weighted by Gasteiger charge is 2.62. The third-order valence-electron chi connectivity index (χ3n) is 7.42. The highest BCUT2D eigenvalue weighted by molar-refractivity contribution is 5.84. The molecule has 10 heteroatoms. The number of hydrogen-bond donors (Lipinski definition) is 3. The fraction of sp³-hybridized carbons (Fsp3) is 0.850. The molecule has 1 heterocycles. The summed E-state index contributed by atoms with van der Waals surface area (Å²) in [4.78, 5) is 23.6. The average Bonchev–Trinajstić information content (AvgIpc) is 2.99. The van der Waals surface area contributed by atoms with Crippen LogP contribution >= 0.6 is 0 Å². The number of carbonyl (C=O) groups is 2. The molecule has 0 aromatic rings. The standard InChI is InChI=1S/C18H25N3O2.C2HF3O2/c19-8-13-2-12-3-14(12)21(13)16(22)15(20)17-4-10-1-11(5-17)7-18(23,6-10)9-17;3-2(4,5)1(6)7/h10-15,23H,1-7,9,20H2;(H,6,7)/t10?,11?,12-,13+,14+,15-,17?,18?;/m1./s1/i3D2,16+1;. The van der Waals surface area contributed by atoms with E-state index in [1.807, 2.05) is 0 Å². The molecule has 2 unspecified atom stereocenters. The average molecular weight is 432 g/mol. The lowest BCUT2D eigenvalue weighted by atomic mass is 9.47. The van der Waals surface area contributed by atoms with E-state index in [9.17, 15) is 28.3 Å². The van der Waals surface area contributed by atoms with Crippen LogP contribution in [0.25, 0.3) is 0 Å². The molecule has 6 rings (SSSR count). The van der Waals surface area contributed by atoms with E-state index in [4.69, 9.17) is 18.4 Å². The number of rotatable bonds is 2. The number of nitrogens with two attached hydrogens (primary N) is 1. The summed E-state index contributed by atoms with van der Waals surface area (Å²) in [6, 6.07) is 0.370. The van der Waals surface area contributed by atoms with Gasteiger partial charge in [-0.15, -0.1) is 0 Å². The Hall–Kier alpha value is -1.86. The lowest BCUT2D eigenvalue weighted by Crippen LogP contribution is -2.64. The SMILES string of the molecule is O=C(O)C(F)(F)F.[2H]C1([2H])[C@H]2C[C@@H](C#N)N([13C](=O)[C@@H](N)C34CC5CC(CC(O)(C5)C3)C4)[C@H]21. The normalized spacial score (nSPS) is 46.5. The Balaban J connectivity index is 0.000000307. The second-order valence-electron chi connectivity index (χ2n) is 9.67. The number of aliphatic carboxylic acids is 1. The summed E-state index contributed by atoms with van der Waals surface area (Å²) >= 11 is 0. The maximum atomic E-state index is 13.3. The van der Waals surface area contributed by atoms with Gasteiger partial charge in [-0.3, -0.25) is 4.79 Å². The van der Waals surface area contributed by atoms with Crippen LogP contribution in [0.3, 0.4) is 0 Å². The van der Waals surface area contributed by atoms with E-state index in [-0.39, 0.29) is 17.2 Å². The minimum atomic E-state index is -5.08. The van der Waals surface area contributed by atoms with Crippen LogP contribution in [0.15, 0.2) is 0 Å². The van der Waals surface area contributed by atoms with Gasteiger partial charge in [0.1, 0.15) is 6.04 Å². The van der Waals surface area contributed by atoms with Crippen molar-refractivity contribution in [2.75, 3.05) is 0 Å². The van der Waals surface area contributed by atoms with Crippen LogP contribution in [0.4, 0.5) is 13.2 Å². The first-order valence-corrected chi connectivity index (χ1v) is 10.1. The van der Waals surface area contributed by atoms with Crippen LogP contribution in [0, 0.1) is 34.5 Å². The molecule has 6 atom stereocenters. The number of likely N-dealkylation sites (tertiary alicyclic amines) is 1. The number of carboxylic acids is 1. The second kappa shape index (κ2) is 6.82. The van der Waals surface area contributed by atoms with Gasteiger partial charge in [0.2, 0.25) is 5.91 Å². The summed E-state index contributed by atoms with van der Waals surface area (Å²) in [5.41, 5.74) is 5.45. The van der Waals surface area contributed by atoms with Gasteiger partial charge in [0.15, 0.2) is 0 Å². The Bertz CT molecular complexity index is 863. The molecule has 1 saturated heterocycles. The number of fused-ring (bicyclic) bond motifs is 1. The van der Waals surface area contributed by atoms with Gasteiger partial charge in [-0.2, -0.15) is 18.4 Å². The fourth-order valence-electron chi connectivity index (χ4n) is 6.66. The van der Waals surface area contributed by atoms with Gasteiger partial charge in [0.25, 0.3) is 0 Å². The summed E-state index contributed by atoms with van der Waals surface area (Å²) in [6.07, 6.45) is -0.949. The molecular weight excluding hydrogens is 404 g/mol. The largest absolute Gasteiger partial charge is 0.490 e. The third kappa shape index (κ3) is 3.56. The first-order valence-electron chi connectivity index (χ1n) is 11.1. The van der Waals surface area contributed by atoms with Gasteiger partial charge in [-0.05, 0) is 74.5 Å². The summed E-state index contributed by atoms with van der Waals surface area (Å²) in [6.45, 7) is 0. The number of halogens is 3. The molecule has 4 bridgehead atoms. The van der Waals surface area contributed by atoms with Crippen molar-refractivity contribution in [2.45, 2.75) is 81.2 Å². The van der Waals surface area contributed by atoms with Crippen molar-refractivity contribution in [2.24, 2.45) is 28.9 Å². The molecule has 6 aliphatic rings. The Morgan fingerprint density at radius 2 is 1.80 bits per heavy atom. The lowest BCUT2D eigenvalue weighted by Gasteiger charge is -2.61. The topological polar surface area (TPSA) is 128 Å². The van der Waals surface area contributed by atoms with E-state index in [0.29, 0.717) is 24.7 Å². The summed E-state index contributed by atoms with van der Waals surface area (Å²) in [5.74, 6) is -2.38. The molecule has 1 amide bonds. The van der Waals surface area contributed by atoms with Crippen molar-refractivity contribution < 1.29 is 35.7 Å². The number of carboxylic acid groups (broad SMARTS) is 1. The van der Waals surface area contributed by atoms with Crippen LogP contribution in [-0.2, 0) is 9.59 Å². The Labute approximate surface area is 174 Å². The molecule has 0 radical (unpaired) electrons. The zero-order valence-corrected chi connectivity index (χ0v) is 16.2. The van der Waals surface area contributed by atoms with E-state index >= 15 is 0 Å². The zero-order chi connectivity index (χ0) is 23.9. The van der Waals surface area contributed by atoms with Crippen molar-refractivity contribution in [3.05, 3.63) is 0 Å². The fourth-order valence-corrected chi connectivity index (χ4v) is 6.66. The predicted octanol–water partition coefficient (Wildman–Crippen LogP) is 1.79. The number of piperidine rings is 1. The molecule has 0 aromatic heterocycles.